The minimum Gasteiger partial charge on any atom is -0.340 e. The van der Waals surface area contributed by atoms with Crippen LogP contribution >= 0.6 is 0 Å². The van der Waals surface area contributed by atoms with Gasteiger partial charge in [0.2, 0.25) is 0 Å². The number of aromatic nitrogens is 3. The Morgan fingerprint density at radius 2 is 2.00 bits per heavy atom. The zero-order chi connectivity index (χ0) is 19.2. The van der Waals surface area contributed by atoms with Gasteiger partial charge in [0.15, 0.2) is 5.69 Å². The molecule has 1 aromatic heterocycles. The molecular formula is C19H15N5O3. The molecule has 3 rings (SSSR count). The summed E-state index contributed by atoms with van der Waals surface area (Å²) in [6.45, 7) is 1.83. The van der Waals surface area contributed by atoms with Crippen LogP contribution in [0.1, 0.15) is 21.7 Å². The second kappa shape index (κ2) is 7.93. The lowest BCUT2D eigenvalue weighted by Crippen LogP contribution is -2.24. The van der Waals surface area contributed by atoms with E-state index in [9.17, 15) is 14.9 Å². The van der Waals surface area contributed by atoms with Crippen molar-refractivity contribution in [3.05, 3.63) is 81.7 Å². The van der Waals surface area contributed by atoms with Crippen LogP contribution in [-0.4, -0.2) is 32.4 Å². The molecule has 27 heavy (non-hydrogen) atoms. The Morgan fingerprint density at radius 1 is 1.22 bits per heavy atom. The second-order valence-corrected chi connectivity index (χ2v) is 5.56. The monoisotopic (exact) mass is 361 g/mol. The van der Waals surface area contributed by atoms with Crippen LogP contribution in [0.2, 0.25) is 0 Å². The van der Waals surface area contributed by atoms with Crippen molar-refractivity contribution >= 4 is 11.6 Å². The largest absolute Gasteiger partial charge is 0.340 e. The third-order valence-electron chi connectivity index (χ3n) is 3.74. The molecular weight excluding hydrogens is 346 g/mol. The molecule has 0 aliphatic carbocycles. The van der Waals surface area contributed by atoms with Gasteiger partial charge in [0.1, 0.15) is 0 Å². The highest BCUT2D eigenvalue weighted by Gasteiger charge is 2.17. The van der Waals surface area contributed by atoms with Gasteiger partial charge in [0.25, 0.3) is 11.6 Å². The number of benzene rings is 2. The number of hydrogen-bond donors (Lipinski definition) is 1. The zero-order valence-electron chi connectivity index (χ0n) is 14.4. The molecule has 3 aromatic rings. The predicted molar refractivity (Wildman–Crippen MR) is 98.4 cm³/mol. The van der Waals surface area contributed by atoms with Gasteiger partial charge in [-0.3, -0.25) is 14.9 Å². The van der Waals surface area contributed by atoms with E-state index in [1.54, 1.807) is 19.1 Å². The van der Waals surface area contributed by atoms with E-state index in [1.807, 2.05) is 30.3 Å². The number of amides is 1. The fraction of sp³-hybridized carbons (Fsp3) is 0.105. The highest BCUT2D eigenvalue weighted by molar-refractivity contribution is 5.93. The molecule has 134 valence electrons. The third kappa shape index (κ3) is 4.16. The summed E-state index contributed by atoms with van der Waals surface area (Å²) in [7, 11) is 0. The molecule has 0 unspecified atom stereocenters. The normalized spacial score (nSPS) is 9.96. The van der Waals surface area contributed by atoms with Crippen LogP contribution in [0.3, 0.4) is 0 Å². The van der Waals surface area contributed by atoms with Gasteiger partial charge in [0.05, 0.1) is 22.8 Å². The third-order valence-corrected chi connectivity index (χ3v) is 3.74. The number of carbonyl (C=O) groups is 1. The summed E-state index contributed by atoms with van der Waals surface area (Å²) in [5.41, 5.74) is 1.87. The van der Waals surface area contributed by atoms with E-state index in [-0.39, 0.29) is 17.9 Å². The number of rotatable bonds is 4. The van der Waals surface area contributed by atoms with E-state index in [0.29, 0.717) is 11.4 Å². The fourth-order valence-corrected chi connectivity index (χ4v) is 2.40. The molecule has 0 radical (unpaired) electrons. The Hall–Kier alpha value is -3.99. The van der Waals surface area contributed by atoms with E-state index < -0.39 is 10.8 Å². The quantitative estimate of drug-likeness (QED) is 0.436. The standard InChI is InChI=1S/C19H15N5O3/c1-14-18(19(25)20-12-6-9-15-7-3-2-4-8-15)21-22-23(14)16-10-5-11-17(13-16)24(26)27/h2-5,7-8,10-11,13H,12H2,1H3,(H,20,25). The molecule has 0 spiro atoms. The van der Waals surface area contributed by atoms with E-state index in [4.69, 9.17) is 0 Å². The summed E-state index contributed by atoms with van der Waals surface area (Å²) in [5.74, 6) is 5.40. The number of nitrogens with zero attached hydrogens (tertiary/aromatic N) is 4. The van der Waals surface area contributed by atoms with Gasteiger partial charge >= 0.3 is 0 Å². The molecule has 0 aliphatic heterocycles. The van der Waals surface area contributed by atoms with Crippen molar-refractivity contribution in [2.45, 2.75) is 6.92 Å². The van der Waals surface area contributed by atoms with Crippen molar-refractivity contribution < 1.29 is 9.72 Å². The first-order valence-electron chi connectivity index (χ1n) is 8.05. The lowest BCUT2D eigenvalue weighted by Gasteiger charge is -2.03. The summed E-state index contributed by atoms with van der Waals surface area (Å²) >= 11 is 0. The molecule has 1 heterocycles. The Kier molecular flexibility index (Phi) is 5.23. The summed E-state index contributed by atoms with van der Waals surface area (Å²) in [5, 5.41) is 21.4. The van der Waals surface area contributed by atoms with Crippen molar-refractivity contribution in [2.75, 3.05) is 6.54 Å². The number of nitro groups is 1. The van der Waals surface area contributed by atoms with Crippen LogP contribution in [-0.2, 0) is 0 Å². The number of nitro benzene ring substituents is 1. The summed E-state index contributed by atoms with van der Waals surface area (Å²) in [6.07, 6.45) is 0. The maximum Gasteiger partial charge on any atom is 0.274 e. The fourth-order valence-electron chi connectivity index (χ4n) is 2.40. The number of hydrogen-bond acceptors (Lipinski definition) is 5. The molecule has 8 nitrogen and oxygen atoms in total. The van der Waals surface area contributed by atoms with Gasteiger partial charge in [-0.25, -0.2) is 4.68 Å². The lowest BCUT2D eigenvalue weighted by atomic mass is 10.2. The van der Waals surface area contributed by atoms with Gasteiger partial charge in [-0.2, -0.15) is 0 Å². The molecule has 0 saturated heterocycles. The van der Waals surface area contributed by atoms with Crippen molar-refractivity contribution in [3.63, 3.8) is 0 Å². The summed E-state index contributed by atoms with van der Waals surface area (Å²) in [6, 6.07) is 15.4. The first kappa shape index (κ1) is 17.8. The predicted octanol–water partition coefficient (Wildman–Crippen LogP) is 2.27. The number of nitrogens with one attached hydrogen (secondary N) is 1. The van der Waals surface area contributed by atoms with Crippen LogP contribution in [0.5, 0.6) is 0 Å². The Labute approximate surface area is 155 Å². The summed E-state index contributed by atoms with van der Waals surface area (Å²) in [4.78, 5) is 22.7. The molecule has 1 N–H and O–H groups in total. The average molecular weight is 361 g/mol. The Morgan fingerprint density at radius 3 is 2.74 bits per heavy atom. The van der Waals surface area contributed by atoms with Crippen LogP contribution in [0.25, 0.3) is 5.69 Å². The van der Waals surface area contributed by atoms with Crippen LogP contribution in [0.4, 0.5) is 5.69 Å². The van der Waals surface area contributed by atoms with E-state index in [0.717, 1.165) is 5.56 Å². The minimum absolute atomic E-state index is 0.0652. The van der Waals surface area contributed by atoms with E-state index in [1.165, 1.54) is 16.8 Å². The van der Waals surface area contributed by atoms with Gasteiger partial charge < -0.3 is 5.32 Å². The molecule has 0 atom stereocenters. The van der Waals surface area contributed by atoms with Crippen LogP contribution < -0.4 is 5.32 Å². The smallest absolute Gasteiger partial charge is 0.274 e. The second-order valence-electron chi connectivity index (χ2n) is 5.56. The molecule has 2 aromatic carbocycles. The zero-order valence-corrected chi connectivity index (χ0v) is 14.4. The van der Waals surface area contributed by atoms with Crippen LogP contribution in [0, 0.1) is 28.9 Å². The highest BCUT2D eigenvalue weighted by Crippen LogP contribution is 2.18. The van der Waals surface area contributed by atoms with Gasteiger partial charge in [0, 0.05) is 17.7 Å². The maximum atomic E-state index is 12.3. The first-order valence-corrected chi connectivity index (χ1v) is 8.05. The van der Waals surface area contributed by atoms with E-state index >= 15 is 0 Å². The lowest BCUT2D eigenvalue weighted by molar-refractivity contribution is -0.384. The van der Waals surface area contributed by atoms with Gasteiger partial charge in [-0.15, -0.1) is 5.10 Å². The van der Waals surface area contributed by atoms with Crippen molar-refractivity contribution in [3.8, 4) is 17.5 Å². The molecule has 0 fully saturated rings. The first-order chi connectivity index (χ1) is 13.1. The molecule has 0 aliphatic rings. The van der Waals surface area contributed by atoms with E-state index in [2.05, 4.69) is 27.5 Å². The topological polar surface area (TPSA) is 103 Å². The SMILES string of the molecule is Cc1c(C(=O)NCC#Cc2ccccc2)nnn1-c1cccc([N+](=O)[O-])c1. The number of carbonyl (C=O) groups excluding carboxylic acids is 1. The van der Waals surface area contributed by atoms with Crippen molar-refractivity contribution in [1.82, 2.24) is 20.3 Å². The van der Waals surface area contributed by atoms with Gasteiger partial charge in [-0.05, 0) is 25.1 Å². The number of non-ortho nitro benzene ring substituents is 1. The summed E-state index contributed by atoms with van der Waals surface area (Å²) < 4.78 is 1.39. The minimum atomic E-state index is -0.491. The average Bonchev–Trinajstić information content (AvgIpc) is 3.07. The van der Waals surface area contributed by atoms with Crippen molar-refractivity contribution in [1.29, 1.82) is 0 Å². The molecule has 1 amide bonds. The Bertz CT molecular complexity index is 1050. The van der Waals surface area contributed by atoms with Crippen LogP contribution in [0.15, 0.2) is 54.6 Å². The molecule has 8 heteroatoms. The van der Waals surface area contributed by atoms with Gasteiger partial charge in [-0.1, -0.05) is 41.3 Å². The molecule has 0 saturated carbocycles. The van der Waals surface area contributed by atoms with Crippen molar-refractivity contribution in [2.24, 2.45) is 0 Å². The Balaban J connectivity index is 1.71. The molecule has 0 bridgehead atoms. The highest BCUT2D eigenvalue weighted by atomic mass is 16.6. The maximum absolute atomic E-state index is 12.3.